The van der Waals surface area contributed by atoms with Gasteiger partial charge in [0.2, 0.25) is 16.9 Å². The fourth-order valence-corrected chi connectivity index (χ4v) is 4.77. The van der Waals surface area contributed by atoms with Gasteiger partial charge in [0.25, 0.3) is 0 Å². The van der Waals surface area contributed by atoms with Crippen molar-refractivity contribution in [2.75, 3.05) is 16.4 Å². The van der Waals surface area contributed by atoms with Crippen molar-refractivity contribution >= 4 is 51.8 Å². The number of hydrogen-bond donors (Lipinski definition) is 3. The lowest BCUT2D eigenvalue weighted by atomic mass is 9.80. The van der Waals surface area contributed by atoms with Crippen LogP contribution >= 0.6 is 23.1 Å². The first-order chi connectivity index (χ1) is 15.5. The van der Waals surface area contributed by atoms with Crippen LogP contribution in [0, 0.1) is 19.8 Å². The van der Waals surface area contributed by atoms with Gasteiger partial charge in [-0.25, -0.2) is 4.79 Å². The maximum atomic E-state index is 12.4. The van der Waals surface area contributed by atoms with Gasteiger partial charge in [0.15, 0.2) is 4.34 Å². The number of aromatic nitrogens is 2. The molecule has 11 heteroatoms. The van der Waals surface area contributed by atoms with Crippen molar-refractivity contribution in [3.8, 4) is 0 Å². The number of hydrogen-bond acceptors (Lipinski definition) is 8. The van der Waals surface area contributed by atoms with Crippen LogP contribution in [-0.4, -0.2) is 45.5 Å². The molecular formula is C22H29N5O4S2. The van der Waals surface area contributed by atoms with E-state index in [1.807, 2.05) is 32.0 Å². The molecule has 0 bridgehead atoms. The second-order valence-electron chi connectivity index (χ2n) is 9.03. The first kappa shape index (κ1) is 25.0. The van der Waals surface area contributed by atoms with E-state index < -0.39 is 11.7 Å². The Hall–Kier alpha value is -2.66. The standard InChI is InChI=1S/C22H29N5O4S2/c1-12-6-7-16(13(2)8-12)24-17(28)11-32-21-27-26-19(33-21)25-18(29)14-9-15(10-14)23-20(30)31-22(3,4)5/h6-8,14-15H,9-11H2,1-5H3,(H,23,30)(H,24,28)(H,25,26,29). The third kappa shape index (κ3) is 7.71. The third-order valence-corrected chi connectivity index (χ3v) is 6.82. The Labute approximate surface area is 201 Å². The summed E-state index contributed by atoms with van der Waals surface area (Å²) in [5, 5.41) is 16.8. The number of nitrogens with zero attached hydrogens (tertiary/aromatic N) is 2. The normalized spacial score (nSPS) is 17.6. The van der Waals surface area contributed by atoms with Gasteiger partial charge in [-0.15, -0.1) is 10.2 Å². The minimum absolute atomic E-state index is 0.0770. The van der Waals surface area contributed by atoms with Gasteiger partial charge in [0.05, 0.1) is 5.75 Å². The highest BCUT2D eigenvalue weighted by Crippen LogP contribution is 2.31. The summed E-state index contributed by atoms with van der Waals surface area (Å²) in [6, 6.07) is 5.78. The number of benzene rings is 1. The second kappa shape index (κ2) is 10.5. The van der Waals surface area contributed by atoms with Crippen LogP contribution in [0.5, 0.6) is 0 Å². The summed E-state index contributed by atoms with van der Waals surface area (Å²) < 4.78 is 5.82. The van der Waals surface area contributed by atoms with Crippen molar-refractivity contribution in [2.24, 2.45) is 5.92 Å². The van der Waals surface area contributed by atoms with Crippen LogP contribution < -0.4 is 16.0 Å². The second-order valence-corrected chi connectivity index (χ2v) is 11.2. The Morgan fingerprint density at radius 2 is 1.88 bits per heavy atom. The van der Waals surface area contributed by atoms with E-state index in [9.17, 15) is 14.4 Å². The zero-order chi connectivity index (χ0) is 24.2. The number of carbonyl (C=O) groups excluding carboxylic acids is 3. The minimum atomic E-state index is -0.557. The van der Waals surface area contributed by atoms with Crippen LogP contribution in [0.2, 0.25) is 0 Å². The van der Waals surface area contributed by atoms with Gasteiger partial charge in [0.1, 0.15) is 5.60 Å². The molecule has 1 aliphatic carbocycles. The van der Waals surface area contributed by atoms with Gasteiger partial charge in [-0.3, -0.25) is 9.59 Å². The lowest BCUT2D eigenvalue weighted by Crippen LogP contribution is -2.49. The molecular weight excluding hydrogens is 462 g/mol. The maximum absolute atomic E-state index is 12.4. The number of ether oxygens (including phenoxy) is 1. The highest BCUT2D eigenvalue weighted by atomic mass is 32.2. The molecule has 0 spiro atoms. The summed E-state index contributed by atoms with van der Waals surface area (Å²) >= 11 is 2.49. The topological polar surface area (TPSA) is 122 Å². The Morgan fingerprint density at radius 3 is 2.55 bits per heavy atom. The van der Waals surface area contributed by atoms with Crippen molar-refractivity contribution in [3.05, 3.63) is 29.3 Å². The molecule has 1 heterocycles. The fraction of sp³-hybridized carbons (Fsp3) is 0.500. The van der Waals surface area contributed by atoms with Crippen molar-refractivity contribution in [2.45, 2.75) is 63.4 Å². The van der Waals surface area contributed by atoms with Crippen LogP contribution in [0.15, 0.2) is 22.5 Å². The molecule has 9 nitrogen and oxygen atoms in total. The van der Waals surface area contributed by atoms with Crippen LogP contribution in [-0.2, 0) is 14.3 Å². The molecule has 0 saturated heterocycles. The maximum Gasteiger partial charge on any atom is 0.407 e. The molecule has 2 aromatic rings. The van der Waals surface area contributed by atoms with E-state index in [1.54, 1.807) is 20.8 Å². The largest absolute Gasteiger partial charge is 0.444 e. The summed E-state index contributed by atoms with van der Waals surface area (Å²) in [4.78, 5) is 36.4. The quantitative estimate of drug-likeness (QED) is 0.393. The molecule has 1 aromatic carbocycles. The molecule has 0 aliphatic heterocycles. The number of alkyl carbamates (subject to hydrolysis) is 1. The smallest absolute Gasteiger partial charge is 0.407 e. The number of aryl methyl sites for hydroxylation is 2. The van der Waals surface area contributed by atoms with Gasteiger partial charge >= 0.3 is 6.09 Å². The average Bonchev–Trinajstić information content (AvgIpc) is 3.10. The van der Waals surface area contributed by atoms with Crippen LogP contribution in [0.25, 0.3) is 0 Å². The third-order valence-electron chi connectivity index (χ3n) is 4.85. The monoisotopic (exact) mass is 491 g/mol. The summed E-state index contributed by atoms with van der Waals surface area (Å²) in [5.41, 5.74) is 2.38. The highest BCUT2D eigenvalue weighted by Gasteiger charge is 2.36. The Balaban J connectivity index is 1.38. The molecule has 178 valence electrons. The van der Waals surface area contributed by atoms with Crippen molar-refractivity contribution in [1.82, 2.24) is 15.5 Å². The molecule has 1 aromatic heterocycles. The molecule has 1 fully saturated rings. The first-order valence-electron chi connectivity index (χ1n) is 10.6. The number of rotatable bonds is 7. The van der Waals surface area contributed by atoms with E-state index in [2.05, 4.69) is 26.1 Å². The number of anilines is 2. The Morgan fingerprint density at radius 1 is 1.15 bits per heavy atom. The Bertz CT molecular complexity index is 1030. The molecule has 1 saturated carbocycles. The van der Waals surface area contributed by atoms with Gasteiger partial charge < -0.3 is 20.7 Å². The van der Waals surface area contributed by atoms with Crippen molar-refractivity contribution < 1.29 is 19.1 Å². The van der Waals surface area contributed by atoms with E-state index in [-0.39, 0.29) is 29.5 Å². The first-order valence-corrected chi connectivity index (χ1v) is 12.4. The van der Waals surface area contributed by atoms with Gasteiger partial charge in [-0.2, -0.15) is 0 Å². The van der Waals surface area contributed by atoms with E-state index in [4.69, 9.17) is 4.74 Å². The molecule has 3 N–H and O–H groups in total. The van der Waals surface area contributed by atoms with Gasteiger partial charge in [0, 0.05) is 17.6 Å². The summed E-state index contributed by atoms with van der Waals surface area (Å²) in [5.74, 6) is -0.298. The molecule has 0 radical (unpaired) electrons. The van der Waals surface area contributed by atoms with Crippen LogP contribution in [0.1, 0.15) is 44.7 Å². The van der Waals surface area contributed by atoms with Crippen molar-refractivity contribution in [1.29, 1.82) is 0 Å². The SMILES string of the molecule is Cc1ccc(NC(=O)CSc2nnc(NC(=O)C3CC(NC(=O)OC(C)(C)C)C3)s2)c(C)c1. The van der Waals surface area contributed by atoms with E-state index in [0.29, 0.717) is 22.3 Å². The number of carbonyl (C=O) groups is 3. The van der Waals surface area contributed by atoms with Gasteiger partial charge in [-0.05, 0) is 59.1 Å². The highest BCUT2D eigenvalue weighted by molar-refractivity contribution is 8.01. The lowest BCUT2D eigenvalue weighted by molar-refractivity contribution is -0.123. The molecule has 3 rings (SSSR count). The van der Waals surface area contributed by atoms with Crippen molar-refractivity contribution in [3.63, 3.8) is 0 Å². The molecule has 0 atom stereocenters. The van der Waals surface area contributed by atoms with E-state index in [1.165, 1.54) is 23.1 Å². The van der Waals surface area contributed by atoms with E-state index >= 15 is 0 Å². The molecule has 33 heavy (non-hydrogen) atoms. The lowest BCUT2D eigenvalue weighted by Gasteiger charge is -2.34. The number of nitrogens with one attached hydrogen (secondary N) is 3. The zero-order valence-corrected chi connectivity index (χ0v) is 21.0. The molecule has 0 unspecified atom stereocenters. The van der Waals surface area contributed by atoms with Crippen LogP contribution in [0.3, 0.4) is 0 Å². The molecule has 3 amide bonds. The zero-order valence-electron chi connectivity index (χ0n) is 19.4. The molecule has 1 aliphatic rings. The number of thioether (sulfide) groups is 1. The minimum Gasteiger partial charge on any atom is -0.444 e. The summed E-state index contributed by atoms with van der Waals surface area (Å²) in [7, 11) is 0. The fourth-order valence-electron chi connectivity index (χ4n) is 3.22. The summed E-state index contributed by atoms with van der Waals surface area (Å²) in [6.45, 7) is 9.36. The van der Waals surface area contributed by atoms with Gasteiger partial charge in [-0.1, -0.05) is 40.8 Å². The number of amides is 3. The predicted octanol–water partition coefficient (Wildman–Crippen LogP) is 4.13. The predicted molar refractivity (Wildman–Crippen MR) is 130 cm³/mol. The van der Waals surface area contributed by atoms with Crippen LogP contribution in [0.4, 0.5) is 15.6 Å². The summed E-state index contributed by atoms with van der Waals surface area (Å²) in [6.07, 6.45) is 0.618. The average molecular weight is 492 g/mol. The Kier molecular flexibility index (Phi) is 7.96. The van der Waals surface area contributed by atoms with E-state index in [0.717, 1.165) is 16.8 Å².